The van der Waals surface area contributed by atoms with Crippen molar-refractivity contribution < 1.29 is 0 Å². The van der Waals surface area contributed by atoms with Crippen molar-refractivity contribution in [3.63, 3.8) is 0 Å². The third kappa shape index (κ3) is 2.09. The van der Waals surface area contributed by atoms with Crippen LogP contribution in [-0.4, -0.2) is 23.9 Å². The number of fused-ring (bicyclic) bond motifs is 1. The van der Waals surface area contributed by atoms with Crippen LogP contribution in [0.4, 0.5) is 0 Å². The van der Waals surface area contributed by atoms with Crippen LogP contribution < -0.4 is 11.2 Å². The first-order chi connectivity index (χ1) is 9.70. The van der Waals surface area contributed by atoms with Crippen molar-refractivity contribution in [2.24, 2.45) is 0 Å². The van der Waals surface area contributed by atoms with Gasteiger partial charge in [0, 0.05) is 31.8 Å². The third-order valence-corrected chi connectivity index (χ3v) is 3.72. The molecule has 0 aliphatic carbocycles. The van der Waals surface area contributed by atoms with Gasteiger partial charge in [-0.1, -0.05) is 0 Å². The molecule has 7 heteroatoms. The van der Waals surface area contributed by atoms with Gasteiger partial charge in [-0.05, 0) is 19.8 Å². The number of aryl methyl sites for hydroxylation is 2. The molecule has 3 heterocycles. The van der Waals surface area contributed by atoms with Gasteiger partial charge in [0.05, 0.1) is 6.54 Å². The maximum absolute atomic E-state index is 12.2. The Morgan fingerprint density at radius 2 is 2.10 bits per heavy atom. The number of rotatable bonds is 3. The Morgan fingerprint density at radius 1 is 1.25 bits per heavy atom. The summed E-state index contributed by atoms with van der Waals surface area (Å²) in [7, 11) is 0. The van der Waals surface area contributed by atoms with Crippen LogP contribution in [0, 0.1) is 0 Å². The second-order valence-electron chi connectivity index (χ2n) is 4.95. The van der Waals surface area contributed by atoms with Gasteiger partial charge < -0.3 is 9.13 Å². The van der Waals surface area contributed by atoms with Crippen molar-refractivity contribution in [1.29, 1.82) is 0 Å². The lowest BCUT2D eigenvalue weighted by molar-refractivity contribution is 0.493. The van der Waals surface area contributed by atoms with Gasteiger partial charge in [0.1, 0.15) is 5.82 Å². The molecule has 0 amide bonds. The molecule has 0 fully saturated rings. The minimum absolute atomic E-state index is 0.186. The van der Waals surface area contributed by atoms with E-state index in [2.05, 4.69) is 10.2 Å². The zero-order chi connectivity index (χ0) is 14.1. The molecule has 0 unspecified atom stereocenters. The van der Waals surface area contributed by atoms with E-state index in [1.807, 2.05) is 11.5 Å². The third-order valence-electron chi connectivity index (χ3n) is 3.72. The van der Waals surface area contributed by atoms with Crippen LogP contribution in [0.3, 0.4) is 0 Å². The Bertz CT molecular complexity index is 740. The highest BCUT2D eigenvalue weighted by Gasteiger charge is 2.17. The minimum Gasteiger partial charge on any atom is -0.313 e. The molecule has 0 bridgehead atoms. The second-order valence-corrected chi connectivity index (χ2v) is 4.95. The molecule has 0 saturated heterocycles. The Labute approximate surface area is 115 Å². The summed E-state index contributed by atoms with van der Waals surface area (Å²) < 4.78 is 4.75. The van der Waals surface area contributed by atoms with E-state index in [4.69, 9.17) is 0 Å². The van der Waals surface area contributed by atoms with Crippen LogP contribution in [0.5, 0.6) is 0 Å². The first-order valence-electron chi connectivity index (χ1n) is 6.92. The summed E-state index contributed by atoms with van der Waals surface area (Å²) in [6, 6.07) is 1.42. The average Bonchev–Trinajstić information content (AvgIpc) is 2.87. The summed E-state index contributed by atoms with van der Waals surface area (Å²) in [5.41, 5.74) is -0.596. The smallest absolute Gasteiger partial charge is 0.313 e. The fourth-order valence-corrected chi connectivity index (χ4v) is 2.57. The molecule has 1 aliphatic rings. The summed E-state index contributed by atoms with van der Waals surface area (Å²) in [5.74, 6) is 1.64. The number of hydrogen-bond acceptors (Lipinski definition) is 4. The van der Waals surface area contributed by atoms with Gasteiger partial charge >= 0.3 is 5.69 Å². The van der Waals surface area contributed by atoms with Gasteiger partial charge in [-0.25, -0.2) is 4.79 Å². The number of hydrogen-bond donors (Lipinski definition) is 0. The highest BCUT2D eigenvalue weighted by atomic mass is 16.2. The molecular weight excluding hydrogens is 258 g/mol. The van der Waals surface area contributed by atoms with E-state index in [1.165, 1.54) is 21.4 Å². The Balaban J connectivity index is 2.02. The highest BCUT2D eigenvalue weighted by molar-refractivity contribution is 5.00. The van der Waals surface area contributed by atoms with Crippen LogP contribution >= 0.6 is 0 Å². The molecule has 2 aromatic heterocycles. The summed E-state index contributed by atoms with van der Waals surface area (Å²) >= 11 is 0. The predicted octanol–water partition coefficient (Wildman–Crippen LogP) is 0.00600. The van der Waals surface area contributed by atoms with Gasteiger partial charge in [0.2, 0.25) is 0 Å². The van der Waals surface area contributed by atoms with Crippen molar-refractivity contribution in [3.8, 4) is 0 Å². The SMILES string of the molecule is CCn1ccc(=O)n(Cc2nnc3n2CCCC3)c1=O. The molecule has 0 radical (unpaired) electrons. The molecule has 0 saturated carbocycles. The van der Waals surface area contributed by atoms with Gasteiger partial charge in [0.15, 0.2) is 5.82 Å². The molecule has 2 aromatic rings. The van der Waals surface area contributed by atoms with E-state index in [0.717, 1.165) is 31.6 Å². The standard InChI is InChI=1S/C13H17N5O2/c1-2-16-8-6-12(19)18(13(16)20)9-11-15-14-10-5-3-4-7-17(10)11/h6,8H,2-5,7,9H2,1H3. The summed E-state index contributed by atoms with van der Waals surface area (Å²) in [6.07, 6.45) is 4.64. The highest BCUT2D eigenvalue weighted by Crippen LogP contribution is 2.14. The van der Waals surface area contributed by atoms with E-state index in [-0.39, 0.29) is 17.8 Å². The lowest BCUT2D eigenvalue weighted by atomic mass is 10.2. The van der Waals surface area contributed by atoms with Gasteiger partial charge in [-0.2, -0.15) is 0 Å². The quantitative estimate of drug-likeness (QED) is 0.790. The number of aromatic nitrogens is 5. The lowest BCUT2D eigenvalue weighted by Crippen LogP contribution is -2.39. The summed E-state index contributed by atoms with van der Waals surface area (Å²) in [6.45, 7) is 3.46. The molecule has 20 heavy (non-hydrogen) atoms. The van der Waals surface area contributed by atoms with E-state index in [1.54, 1.807) is 0 Å². The average molecular weight is 275 g/mol. The van der Waals surface area contributed by atoms with Gasteiger partial charge in [-0.3, -0.25) is 9.36 Å². The van der Waals surface area contributed by atoms with Crippen molar-refractivity contribution >= 4 is 0 Å². The van der Waals surface area contributed by atoms with E-state index in [0.29, 0.717) is 12.4 Å². The van der Waals surface area contributed by atoms with E-state index >= 15 is 0 Å². The number of nitrogens with zero attached hydrogens (tertiary/aromatic N) is 5. The maximum Gasteiger partial charge on any atom is 0.331 e. The molecule has 0 aromatic carbocycles. The van der Waals surface area contributed by atoms with E-state index < -0.39 is 0 Å². The van der Waals surface area contributed by atoms with Gasteiger partial charge in [0.25, 0.3) is 5.56 Å². The minimum atomic E-state index is -0.298. The molecule has 3 rings (SSSR count). The Hall–Kier alpha value is -2.18. The van der Waals surface area contributed by atoms with Crippen molar-refractivity contribution in [2.75, 3.05) is 0 Å². The van der Waals surface area contributed by atoms with Gasteiger partial charge in [-0.15, -0.1) is 10.2 Å². The zero-order valence-corrected chi connectivity index (χ0v) is 11.4. The topological polar surface area (TPSA) is 74.7 Å². The van der Waals surface area contributed by atoms with Crippen LogP contribution in [-0.2, 0) is 26.1 Å². The van der Waals surface area contributed by atoms with Crippen LogP contribution in [0.2, 0.25) is 0 Å². The fourth-order valence-electron chi connectivity index (χ4n) is 2.57. The molecule has 0 spiro atoms. The predicted molar refractivity (Wildman–Crippen MR) is 72.7 cm³/mol. The zero-order valence-electron chi connectivity index (χ0n) is 11.4. The normalized spacial score (nSPS) is 14.2. The second kappa shape index (κ2) is 5.07. The van der Waals surface area contributed by atoms with E-state index in [9.17, 15) is 9.59 Å². The first kappa shape index (κ1) is 12.8. The molecule has 1 aliphatic heterocycles. The van der Waals surface area contributed by atoms with Crippen molar-refractivity contribution in [1.82, 2.24) is 23.9 Å². The van der Waals surface area contributed by atoms with Crippen LogP contribution in [0.1, 0.15) is 31.4 Å². The lowest BCUT2D eigenvalue weighted by Gasteiger charge is -2.15. The molecule has 0 N–H and O–H groups in total. The Kier molecular flexibility index (Phi) is 3.25. The maximum atomic E-state index is 12.2. The molecule has 106 valence electrons. The largest absolute Gasteiger partial charge is 0.331 e. The molecule has 7 nitrogen and oxygen atoms in total. The first-order valence-corrected chi connectivity index (χ1v) is 6.92. The Morgan fingerprint density at radius 3 is 2.90 bits per heavy atom. The monoisotopic (exact) mass is 275 g/mol. The summed E-state index contributed by atoms with van der Waals surface area (Å²) in [5, 5.41) is 8.28. The van der Waals surface area contributed by atoms with Crippen LogP contribution in [0.15, 0.2) is 21.9 Å². The fraction of sp³-hybridized carbons (Fsp3) is 0.538. The van der Waals surface area contributed by atoms with Crippen molar-refractivity contribution in [3.05, 3.63) is 44.8 Å². The summed E-state index contributed by atoms with van der Waals surface area (Å²) in [4.78, 5) is 24.1. The van der Waals surface area contributed by atoms with Crippen LogP contribution in [0.25, 0.3) is 0 Å². The molecule has 0 atom stereocenters. The van der Waals surface area contributed by atoms with Crippen molar-refractivity contribution in [2.45, 2.75) is 45.8 Å². The molecular formula is C13H17N5O2.